The lowest BCUT2D eigenvalue weighted by Crippen LogP contribution is -2.31. The second-order valence-corrected chi connectivity index (χ2v) is 8.01. The van der Waals surface area contributed by atoms with Crippen LogP contribution in [0.2, 0.25) is 0 Å². The van der Waals surface area contributed by atoms with E-state index in [9.17, 15) is 14.8 Å². The molecule has 4 aromatic rings. The van der Waals surface area contributed by atoms with Gasteiger partial charge in [-0.3, -0.25) is 4.98 Å². The Bertz CT molecular complexity index is 1340. The Kier molecular flexibility index (Phi) is 5.05. The first-order valence-electron chi connectivity index (χ1n) is 10.3. The first-order valence-corrected chi connectivity index (χ1v) is 10.3. The molecule has 2 aromatic heterocycles. The molecule has 0 spiro atoms. The number of nitrogens with two attached hydrogens (primary N) is 1. The standard InChI is InChI=1S/C24H21FN6O/c25-19-5-2-6-21-22(19)30-24(29-21)18-10-28-9-17(15-4-1-3-14(7-15)8-26)23(18)31-11-16(13-32)20(27)12-31/h1-7,9-10,16,20,32H,11-13,27H2,(H,29,30)/t16-,20+/m0/s1. The Balaban J connectivity index is 1.73. The number of aromatic amines is 1. The van der Waals surface area contributed by atoms with Gasteiger partial charge in [-0.05, 0) is 29.8 Å². The quantitative estimate of drug-likeness (QED) is 0.460. The van der Waals surface area contributed by atoms with Crippen LogP contribution in [-0.4, -0.2) is 45.8 Å². The van der Waals surface area contributed by atoms with E-state index in [0.29, 0.717) is 35.6 Å². The average Bonchev–Trinajstić information content (AvgIpc) is 3.42. The van der Waals surface area contributed by atoms with E-state index < -0.39 is 5.82 Å². The number of aliphatic hydroxyl groups is 1. The minimum atomic E-state index is -0.402. The molecular formula is C24H21FN6O. The molecule has 3 heterocycles. The molecule has 1 saturated heterocycles. The number of H-pyrrole nitrogens is 1. The van der Waals surface area contributed by atoms with Crippen molar-refractivity contribution in [2.45, 2.75) is 6.04 Å². The monoisotopic (exact) mass is 428 g/mol. The lowest BCUT2D eigenvalue weighted by Gasteiger charge is -2.24. The van der Waals surface area contributed by atoms with Crippen LogP contribution in [0.1, 0.15) is 5.56 Å². The minimum absolute atomic E-state index is 0.00676. The Hall–Kier alpha value is -3.80. The van der Waals surface area contributed by atoms with Crippen molar-refractivity contribution >= 4 is 16.7 Å². The van der Waals surface area contributed by atoms with Crippen molar-refractivity contribution in [1.82, 2.24) is 15.0 Å². The Morgan fingerprint density at radius 3 is 2.75 bits per heavy atom. The van der Waals surface area contributed by atoms with Crippen LogP contribution in [0.5, 0.6) is 0 Å². The number of anilines is 1. The molecule has 7 nitrogen and oxygen atoms in total. The third-order valence-electron chi connectivity index (χ3n) is 5.98. The number of hydrogen-bond acceptors (Lipinski definition) is 6. The molecule has 0 unspecified atom stereocenters. The number of nitrogens with one attached hydrogen (secondary N) is 1. The number of nitrogens with zero attached hydrogens (tertiary/aromatic N) is 4. The van der Waals surface area contributed by atoms with Crippen LogP contribution >= 0.6 is 0 Å². The van der Waals surface area contributed by atoms with Gasteiger partial charge in [0.2, 0.25) is 0 Å². The van der Waals surface area contributed by atoms with Gasteiger partial charge in [0.1, 0.15) is 11.3 Å². The number of benzene rings is 2. The molecule has 1 aliphatic heterocycles. The highest BCUT2D eigenvalue weighted by Crippen LogP contribution is 2.40. The number of fused-ring (bicyclic) bond motifs is 1. The van der Waals surface area contributed by atoms with E-state index in [1.807, 2.05) is 18.2 Å². The van der Waals surface area contributed by atoms with E-state index in [2.05, 4.69) is 25.9 Å². The van der Waals surface area contributed by atoms with E-state index in [1.54, 1.807) is 30.6 Å². The first kappa shape index (κ1) is 20.1. The molecule has 1 fully saturated rings. The highest BCUT2D eigenvalue weighted by atomic mass is 19.1. The second-order valence-electron chi connectivity index (χ2n) is 8.01. The van der Waals surface area contributed by atoms with Crippen LogP contribution in [-0.2, 0) is 0 Å². The van der Waals surface area contributed by atoms with Gasteiger partial charge in [0, 0.05) is 49.6 Å². The van der Waals surface area contributed by atoms with Crippen LogP contribution in [0, 0.1) is 23.1 Å². The summed E-state index contributed by atoms with van der Waals surface area (Å²) >= 11 is 0. The number of para-hydroxylation sites is 1. The predicted molar refractivity (Wildman–Crippen MR) is 120 cm³/mol. The van der Waals surface area contributed by atoms with Crippen LogP contribution < -0.4 is 10.6 Å². The number of nitriles is 1. The van der Waals surface area contributed by atoms with Crippen molar-refractivity contribution in [1.29, 1.82) is 5.26 Å². The van der Waals surface area contributed by atoms with Crippen molar-refractivity contribution in [3.05, 3.63) is 66.2 Å². The fourth-order valence-corrected chi connectivity index (χ4v) is 4.33. The van der Waals surface area contributed by atoms with Gasteiger partial charge in [0.15, 0.2) is 5.82 Å². The first-order chi connectivity index (χ1) is 15.6. The van der Waals surface area contributed by atoms with Crippen molar-refractivity contribution in [3.8, 4) is 28.6 Å². The summed E-state index contributed by atoms with van der Waals surface area (Å²) in [5, 5.41) is 19.1. The van der Waals surface area contributed by atoms with E-state index in [1.165, 1.54) is 6.07 Å². The maximum absolute atomic E-state index is 14.3. The largest absolute Gasteiger partial charge is 0.396 e. The smallest absolute Gasteiger partial charge is 0.151 e. The normalized spacial score (nSPS) is 18.2. The fourth-order valence-electron chi connectivity index (χ4n) is 4.33. The summed E-state index contributed by atoms with van der Waals surface area (Å²) < 4.78 is 14.3. The van der Waals surface area contributed by atoms with E-state index in [4.69, 9.17) is 5.73 Å². The van der Waals surface area contributed by atoms with Gasteiger partial charge in [-0.1, -0.05) is 18.2 Å². The van der Waals surface area contributed by atoms with Crippen LogP contribution in [0.25, 0.3) is 33.5 Å². The molecule has 1 aliphatic rings. The summed E-state index contributed by atoms with van der Waals surface area (Å²) in [4.78, 5) is 14.3. The lowest BCUT2D eigenvalue weighted by atomic mass is 10.00. The molecule has 4 N–H and O–H groups in total. The zero-order valence-electron chi connectivity index (χ0n) is 17.2. The van der Waals surface area contributed by atoms with Gasteiger partial charge in [-0.15, -0.1) is 0 Å². The van der Waals surface area contributed by atoms with Crippen molar-refractivity contribution in [2.24, 2.45) is 11.7 Å². The third kappa shape index (κ3) is 3.38. The summed E-state index contributed by atoms with van der Waals surface area (Å²) in [6.07, 6.45) is 3.44. The Morgan fingerprint density at radius 2 is 2.00 bits per heavy atom. The lowest BCUT2D eigenvalue weighted by molar-refractivity contribution is 0.228. The number of pyridine rings is 1. The number of imidazole rings is 1. The molecular weight excluding hydrogens is 407 g/mol. The van der Waals surface area contributed by atoms with Crippen molar-refractivity contribution in [2.75, 3.05) is 24.6 Å². The number of aliphatic hydroxyl groups excluding tert-OH is 1. The number of hydrogen-bond donors (Lipinski definition) is 3. The molecule has 0 amide bonds. The topological polar surface area (TPSA) is 115 Å². The minimum Gasteiger partial charge on any atom is -0.396 e. The Labute approximate surface area is 184 Å². The van der Waals surface area contributed by atoms with Gasteiger partial charge in [-0.2, -0.15) is 5.26 Å². The van der Waals surface area contributed by atoms with Gasteiger partial charge < -0.3 is 20.7 Å². The number of rotatable bonds is 4. The molecule has 0 radical (unpaired) electrons. The molecule has 0 aliphatic carbocycles. The van der Waals surface area contributed by atoms with Crippen LogP contribution in [0.3, 0.4) is 0 Å². The number of aromatic nitrogens is 3. The predicted octanol–water partition coefficient (Wildman–Crippen LogP) is 3.06. The average molecular weight is 428 g/mol. The molecule has 2 aromatic carbocycles. The summed E-state index contributed by atoms with van der Waals surface area (Å²) in [5.41, 5.74) is 10.9. The van der Waals surface area contributed by atoms with Crippen molar-refractivity contribution in [3.63, 3.8) is 0 Å². The van der Waals surface area contributed by atoms with E-state index in [0.717, 1.165) is 16.8 Å². The summed E-state index contributed by atoms with van der Waals surface area (Å²) in [7, 11) is 0. The summed E-state index contributed by atoms with van der Waals surface area (Å²) in [6, 6.07) is 14.1. The van der Waals surface area contributed by atoms with Gasteiger partial charge in [0.25, 0.3) is 0 Å². The molecule has 0 saturated carbocycles. The maximum Gasteiger partial charge on any atom is 0.151 e. The van der Waals surface area contributed by atoms with Gasteiger partial charge in [-0.25, -0.2) is 9.37 Å². The van der Waals surface area contributed by atoms with E-state index in [-0.39, 0.29) is 24.1 Å². The molecule has 160 valence electrons. The third-order valence-corrected chi connectivity index (χ3v) is 5.98. The number of halogens is 1. The van der Waals surface area contributed by atoms with Gasteiger partial charge in [0.05, 0.1) is 28.4 Å². The fraction of sp³-hybridized carbons (Fsp3) is 0.208. The van der Waals surface area contributed by atoms with Crippen molar-refractivity contribution < 1.29 is 9.50 Å². The maximum atomic E-state index is 14.3. The molecule has 5 rings (SSSR count). The van der Waals surface area contributed by atoms with E-state index >= 15 is 0 Å². The molecule has 32 heavy (non-hydrogen) atoms. The zero-order valence-corrected chi connectivity index (χ0v) is 17.2. The molecule has 0 bridgehead atoms. The summed E-state index contributed by atoms with van der Waals surface area (Å²) in [5.74, 6) is 0.0234. The highest BCUT2D eigenvalue weighted by Gasteiger charge is 2.33. The zero-order chi connectivity index (χ0) is 22.2. The molecule has 2 atom stereocenters. The second kappa shape index (κ2) is 8.04. The van der Waals surface area contributed by atoms with Gasteiger partial charge >= 0.3 is 0 Å². The molecule has 8 heteroatoms. The highest BCUT2D eigenvalue weighted by molar-refractivity contribution is 5.91. The SMILES string of the molecule is N#Cc1cccc(-c2cncc(-c3nc4c(F)cccc4[nH]3)c2N2C[C@@H](CO)[C@H](N)C2)c1. The summed E-state index contributed by atoms with van der Waals surface area (Å²) in [6.45, 7) is 1.10. The van der Waals surface area contributed by atoms with Crippen LogP contribution in [0.15, 0.2) is 54.9 Å². The Morgan fingerprint density at radius 1 is 1.19 bits per heavy atom. The van der Waals surface area contributed by atoms with Crippen LogP contribution in [0.4, 0.5) is 10.1 Å².